The van der Waals surface area contributed by atoms with Gasteiger partial charge in [0.2, 0.25) is 0 Å². The van der Waals surface area contributed by atoms with Gasteiger partial charge in [-0.3, -0.25) is 4.79 Å². The summed E-state index contributed by atoms with van der Waals surface area (Å²) in [6, 6.07) is 5.81. The second-order valence-electron chi connectivity index (χ2n) is 9.05. The fourth-order valence-corrected chi connectivity index (χ4v) is 3.82. The monoisotopic (exact) mass is 411 g/mol. The minimum atomic E-state index is -0.470. The van der Waals surface area contributed by atoms with Crippen molar-refractivity contribution in [3.8, 4) is 0 Å². The summed E-state index contributed by atoms with van der Waals surface area (Å²) in [6.07, 6.45) is 2.74. The maximum atomic E-state index is 13.1. The van der Waals surface area contributed by atoms with E-state index in [0.717, 1.165) is 47.4 Å². The molecule has 0 bridgehead atoms. The van der Waals surface area contributed by atoms with Crippen LogP contribution in [0.3, 0.4) is 0 Å². The molecule has 2 aromatic rings. The van der Waals surface area contributed by atoms with Crippen molar-refractivity contribution >= 4 is 24.2 Å². The van der Waals surface area contributed by atoms with Crippen LogP contribution in [-0.4, -0.2) is 33.8 Å². The third-order valence-electron chi connectivity index (χ3n) is 6.45. The largest absolute Gasteiger partial charge is 0.495 e. The number of nitrogens with zero attached hydrogens (tertiary/aromatic N) is 2. The van der Waals surface area contributed by atoms with Crippen molar-refractivity contribution in [2.24, 2.45) is 7.05 Å². The molecule has 0 saturated carbocycles. The summed E-state index contributed by atoms with van der Waals surface area (Å²) >= 11 is 0. The number of imidazole rings is 1. The number of aryl methyl sites for hydroxylation is 1. The number of hydrogen-bond donors (Lipinski definition) is 1. The van der Waals surface area contributed by atoms with Gasteiger partial charge in [0.1, 0.15) is 0 Å². The topological polar surface area (TPSA) is 65.4 Å². The maximum absolute atomic E-state index is 13.1. The van der Waals surface area contributed by atoms with Gasteiger partial charge in [0.25, 0.3) is 5.91 Å². The molecule has 1 N–H and O–H groups in total. The molecule has 1 saturated heterocycles. The zero-order chi connectivity index (χ0) is 22.3. The molecular weight excluding hydrogens is 377 g/mol. The fourth-order valence-electron chi connectivity index (χ4n) is 3.82. The summed E-state index contributed by atoms with van der Waals surface area (Å²) in [5, 5.41) is 3.05. The number of anilines is 1. The Morgan fingerprint density at radius 1 is 1.17 bits per heavy atom. The molecule has 2 heterocycles. The summed E-state index contributed by atoms with van der Waals surface area (Å²) in [5.41, 5.74) is 3.89. The minimum Gasteiger partial charge on any atom is -0.399 e. The van der Waals surface area contributed by atoms with Gasteiger partial charge >= 0.3 is 7.12 Å². The van der Waals surface area contributed by atoms with Crippen LogP contribution in [0.4, 0.5) is 5.69 Å². The molecule has 1 amide bonds. The van der Waals surface area contributed by atoms with Gasteiger partial charge in [0.05, 0.1) is 16.9 Å². The van der Waals surface area contributed by atoms with E-state index >= 15 is 0 Å². The summed E-state index contributed by atoms with van der Waals surface area (Å²) in [5.74, 6) is 0.236. The van der Waals surface area contributed by atoms with Crippen LogP contribution in [0.25, 0.3) is 0 Å². The van der Waals surface area contributed by atoms with Crippen molar-refractivity contribution in [1.29, 1.82) is 0 Å². The molecule has 1 aliphatic rings. The van der Waals surface area contributed by atoms with Gasteiger partial charge < -0.3 is 19.2 Å². The van der Waals surface area contributed by atoms with Crippen LogP contribution in [0.1, 0.15) is 75.5 Å². The van der Waals surface area contributed by atoms with Crippen molar-refractivity contribution in [1.82, 2.24) is 9.55 Å². The summed E-state index contributed by atoms with van der Waals surface area (Å²) in [6.45, 7) is 14.3. The fraction of sp³-hybridized carbons (Fsp3) is 0.565. The number of nitrogens with one attached hydrogen (secondary N) is 1. The number of amides is 1. The quantitative estimate of drug-likeness (QED) is 0.735. The van der Waals surface area contributed by atoms with Crippen molar-refractivity contribution in [3.05, 3.63) is 41.0 Å². The number of hydrogen-bond acceptors (Lipinski definition) is 4. The second kappa shape index (κ2) is 8.19. The van der Waals surface area contributed by atoms with E-state index in [0.29, 0.717) is 5.82 Å². The van der Waals surface area contributed by atoms with Crippen LogP contribution in [-0.2, 0) is 29.2 Å². The highest BCUT2D eigenvalue weighted by Gasteiger charge is 2.52. The first-order valence-corrected chi connectivity index (χ1v) is 10.8. The van der Waals surface area contributed by atoms with E-state index in [1.54, 1.807) is 0 Å². The third-order valence-corrected chi connectivity index (χ3v) is 6.45. The van der Waals surface area contributed by atoms with Gasteiger partial charge in [-0.1, -0.05) is 32.4 Å². The zero-order valence-corrected chi connectivity index (χ0v) is 19.5. The Kier molecular flexibility index (Phi) is 6.16. The predicted octanol–water partition coefficient (Wildman–Crippen LogP) is 3.79. The van der Waals surface area contributed by atoms with E-state index in [2.05, 4.69) is 24.1 Å². The van der Waals surface area contributed by atoms with Crippen LogP contribution in [0.5, 0.6) is 0 Å². The van der Waals surface area contributed by atoms with Gasteiger partial charge in [-0.05, 0) is 64.6 Å². The van der Waals surface area contributed by atoms with Crippen molar-refractivity contribution in [2.45, 2.75) is 78.9 Å². The molecule has 1 fully saturated rings. The molecule has 7 heteroatoms. The lowest BCUT2D eigenvalue weighted by Crippen LogP contribution is -2.41. The predicted molar refractivity (Wildman–Crippen MR) is 121 cm³/mol. The lowest BCUT2D eigenvalue weighted by Gasteiger charge is -2.32. The molecule has 0 unspecified atom stereocenters. The van der Waals surface area contributed by atoms with Gasteiger partial charge in [-0.25, -0.2) is 4.98 Å². The first kappa shape index (κ1) is 22.6. The summed E-state index contributed by atoms with van der Waals surface area (Å²) in [7, 11) is 1.45. The van der Waals surface area contributed by atoms with Crippen molar-refractivity contribution < 1.29 is 14.1 Å². The summed E-state index contributed by atoms with van der Waals surface area (Å²) in [4.78, 5) is 17.7. The highest BCUT2D eigenvalue weighted by Crippen LogP contribution is 2.37. The third kappa shape index (κ3) is 3.93. The molecule has 1 aliphatic heterocycles. The zero-order valence-electron chi connectivity index (χ0n) is 19.5. The Morgan fingerprint density at radius 2 is 1.80 bits per heavy atom. The first-order chi connectivity index (χ1) is 14.0. The normalized spacial score (nSPS) is 17.4. The van der Waals surface area contributed by atoms with E-state index in [-0.39, 0.29) is 5.91 Å². The molecule has 0 atom stereocenters. The molecule has 6 nitrogen and oxygen atoms in total. The van der Waals surface area contributed by atoms with Crippen LogP contribution < -0.4 is 10.8 Å². The number of rotatable bonds is 6. The second-order valence-corrected chi connectivity index (χ2v) is 9.05. The Morgan fingerprint density at radius 3 is 2.37 bits per heavy atom. The molecular formula is C23H34BN3O3. The molecule has 1 aromatic carbocycles. The van der Waals surface area contributed by atoms with Gasteiger partial charge in [0, 0.05) is 18.4 Å². The molecule has 162 valence electrons. The summed E-state index contributed by atoms with van der Waals surface area (Å²) < 4.78 is 14.3. The Hall–Kier alpha value is -2.12. The van der Waals surface area contributed by atoms with Crippen LogP contribution in [0.2, 0.25) is 0 Å². The van der Waals surface area contributed by atoms with Gasteiger partial charge in [-0.2, -0.15) is 0 Å². The average Bonchev–Trinajstić information content (AvgIpc) is 3.09. The average molecular weight is 411 g/mol. The number of carbonyl (C=O) groups is 1. The van der Waals surface area contributed by atoms with Crippen LogP contribution >= 0.6 is 0 Å². The SMILES string of the molecule is CCCc1c(CC)nc(C(=O)Nc2cccc(B3OC(C)(C)C(C)(C)O3)c2C)n1C. The van der Waals surface area contributed by atoms with Crippen molar-refractivity contribution in [2.75, 3.05) is 5.32 Å². The first-order valence-electron chi connectivity index (χ1n) is 10.8. The van der Waals surface area contributed by atoms with E-state index in [9.17, 15) is 4.79 Å². The smallest absolute Gasteiger partial charge is 0.399 e. The van der Waals surface area contributed by atoms with E-state index < -0.39 is 18.3 Å². The van der Waals surface area contributed by atoms with E-state index in [1.807, 2.05) is 64.4 Å². The highest BCUT2D eigenvalue weighted by atomic mass is 16.7. The lowest BCUT2D eigenvalue weighted by atomic mass is 9.76. The highest BCUT2D eigenvalue weighted by molar-refractivity contribution is 6.62. The maximum Gasteiger partial charge on any atom is 0.495 e. The standard InChI is InChI=1S/C23H34BN3O3/c1-9-12-19-17(10-2)25-20(27(19)8)21(28)26-18-14-11-13-16(15(18)3)24-29-22(4,5)23(6,7)30-24/h11,13-14H,9-10,12H2,1-8H3,(H,26,28). The molecule has 0 radical (unpaired) electrons. The lowest BCUT2D eigenvalue weighted by molar-refractivity contribution is 0.00578. The van der Waals surface area contributed by atoms with Gasteiger partial charge in [-0.15, -0.1) is 0 Å². The Balaban J connectivity index is 1.87. The molecule has 30 heavy (non-hydrogen) atoms. The molecule has 3 rings (SSSR count). The van der Waals surface area contributed by atoms with E-state index in [4.69, 9.17) is 9.31 Å². The number of aromatic nitrogens is 2. The van der Waals surface area contributed by atoms with Gasteiger partial charge in [0.15, 0.2) is 5.82 Å². The molecule has 0 spiro atoms. The van der Waals surface area contributed by atoms with Crippen LogP contribution in [0.15, 0.2) is 18.2 Å². The minimum absolute atomic E-state index is 0.205. The van der Waals surface area contributed by atoms with Crippen molar-refractivity contribution in [3.63, 3.8) is 0 Å². The Labute approximate surface area is 180 Å². The molecule has 1 aromatic heterocycles. The van der Waals surface area contributed by atoms with Crippen LogP contribution in [0, 0.1) is 6.92 Å². The number of benzene rings is 1. The Bertz CT molecular complexity index is 933. The number of carbonyl (C=O) groups excluding carboxylic acids is 1. The van der Waals surface area contributed by atoms with E-state index in [1.165, 1.54) is 0 Å². The molecule has 0 aliphatic carbocycles.